The second-order valence-corrected chi connectivity index (χ2v) is 2.08. The van der Waals surface area contributed by atoms with Gasteiger partial charge in [-0.2, -0.15) is 0 Å². The first-order valence-corrected chi connectivity index (χ1v) is 3.51. The average molecular weight is 172 g/mol. The van der Waals surface area contributed by atoms with E-state index in [1.807, 2.05) is 0 Å². The number of carbonyl (C=O) groups excluding carboxylic acids is 1. The largest absolute Gasteiger partial charge is 0.480 e. The van der Waals surface area contributed by atoms with E-state index in [1.165, 1.54) is 0 Å². The lowest BCUT2D eigenvalue weighted by Crippen LogP contribution is -2.38. The van der Waals surface area contributed by atoms with Gasteiger partial charge in [0, 0.05) is 6.54 Å². The third-order valence-electron chi connectivity index (χ3n) is 1.03. The lowest BCUT2D eigenvalue weighted by Gasteiger charge is -2.02. The predicted molar refractivity (Wildman–Crippen MR) is 43.9 cm³/mol. The van der Waals surface area contributed by atoms with Crippen LogP contribution >= 0.6 is 0 Å². The highest BCUT2D eigenvalue weighted by Crippen LogP contribution is 1.74. The number of urea groups is 1. The van der Waals surface area contributed by atoms with Crippen molar-refractivity contribution in [3.05, 3.63) is 12.7 Å². The van der Waals surface area contributed by atoms with Crippen molar-refractivity contribution in [2.75, 3.05) is 13.1 Å². The van der Waals surface area contributed by atoms with Crippen LogP contribution in [0.2, 0.25) is 0 Å². The molecule has 0 fully saturated rings. The number of rotatable bonds is 5. The Kier molecular flexibility index (Phi) is 5.42. The number of carboxylic acids is 1. The number of hydrogen-bond acceptors (Lipinski definition) is 2. The Bertz CT molecular complexity index is 179. The van der Waals surface area contributed by atoms with Crippen LogP contribution < -0.4 is 10.6 Å². The fourth-order valence-corrected chi connectivity index (χ4v) is 0.506. The molecule has 68 valence electrons. The number of aliphatic carboxylic acids is 1. The number of amides is 2. The standard InChI is InChI=1S/C7H12N2O3/c1-2-3-4-8-7(12)9-5-6(10)11/h2H,1,3-5H2,(H,10,11)(H2,8,9,12). The fraction of sp³-hybridized carbons (Fsp3) is 0.429. The number of carboxylic acid groups (broad SMARTS) is 1. The van der Waals surface area contributed by atoms with Crippen LogP contribution in [0.3, 0.4) is 0 Å². The molecule has 0 aliphatic heterocycles. The summed E-state index contributed by atoms with van der Waals surface area (Å²) in [7, 11) is 0. The molecule has 0 saturated carbocycles. The third kappa shape index (κ3) is 6.60. The Morgan fingerprint density at radius 2 is 2.08 bits per heavy atom. The summed E-state index contributed by atoms with van der Waals surface area (Å²) >= 11 is 0. The lowest BCUT2D eigenvalue weighted by molar-refractivity contribution is -0.135. The first-order chi connectivity index (χ1) is 5.66. The van der Waals surface area contributed by atoms with Crippen LogP contribution in [0.4, 0.5) is 4.79 Å². The molecule has 0 saturated heterocycles. The number of nitrogens with one attached hydrogen (secondary N) is 2. The van der Waals surface area contributed by atoms with Crippen LogP contribution in [0.25, 0.3) is 0 Å². The van der Waals surface area contributed by atoms with E-state index in [0.29, 0.717) is 13.0 Å². The molecule has 0 unspecified atom stereocenters. The quantitative estimate of drug-likeness (QED) is 0.401. The second kappa shape index (κ2) is 6.21. The van der Waals surface area contributed by atoms with Crippen LogP contribution in [0.15, 0.2) is 12.7 Å². The van der Waals surface area contributed by atoms with E-state index in [9.17, 15) is 9.59 Å². The Labute approximate surface area is 70.5 Å². The van der Waals surface area contributed by atoms with Gasteiger partial charge < -0.3 is 15.7 Å². The maximum Gasteiger partial charge on any atom is 0.323 e. The van der Waals surface area contributed by atoms with Crippen molar-refractivity contribution >= 4 is 12.0 Å². The summed E-state index contributed by atoms with van der Waals surface area (Å²) in [4.78, 5) is 20.7. The van der Waals surface area contributed by atoms with Crippen LogP contribution in [0.1, 0.15) is 6.42 Å². The van der Waals surface area contributed by atoms with E-state index in [-0.39, 0.29) is 6.54 Å². The van der Waals surface area contributed by atoms with Crippen molar-refractivity contribution in [1.29, 1.82) is 0 Å². The highest BCUT2D eigenvalue weighted by molar-refractivity contribution is 5.79. The topological polar surface area (TPSA) is 78.4 Å². The molecule has 0 aliphatic rings. The molecule has 5 heteroatoms. The normalized spacial score (nSPS) is 8.67. The van der Waals surface area contributed by atoms with Gasteiger partial charge in [0.05, 0.1) is 0 Å². The zero-order valence-electron chi connectivity index (χ0n) is 6.67. The molecule has 12 heavy (non-hydrogen) atoms. The van der Waals surface area contributed by atoms with Crippen LogP contribution in [0.5, 0.6) is 0 Å². The van der Waals surface area contributed by atoms with Crippen LogP contribution in [0, 0.1) is 0 Å². The lowest BCUT2D eigenvalue weighted by atomic mass is 10.4. The SMILES string of the molecule is C=CCCNC(=O)NCC(=O)O. The molecule has 0 aromatic carbocycles. The van der Waals surface area contributed by atoms with E-state index < -0.39 is 12.0 Å². The maximum atomic E-state index is 10.7. The van der Waals surface area contributed by atoms with E-state index in [4.69, 9.17) is 5.11 Å². The van der Waals surface area contributed by atoms with Crippen LogP contribution in [-0.2, 0) is 4.79 Å². The second-order valence-electron chi connectivity index (χ2n) is 2.08. The Balaban J connectivity index is 3.33. The van der Waals surface area contributed by atoms with Gasteiger partial charge in [0.1, 0.15) is 6.54 Å². The molecule has 5 nitrogen and oxygen atoms in total. The van der Waals surface area contributed by atoms with Crippen LogP contribution in [-0.4, -0.2) is 30.2 Å². The van der Waals surface area contributed by atoms with Gasteiger partial charge in [0.25, 0.3) is 0 Å². The third-order valence-corrected chi connectivity index (χ3v) is 1.03. The smallest absolute Gasteiger partial charge is 0.323 e. The van der Waals surface area contributed by atoms with Crippen molar-refractivity contribution in [2.24, 2.45) is 0 Å². The zero-order valence-corrected chi connectivity index (χ0v) is 6.67. The van der Waals surface area contributed by atoms with Gasteiger partial charge in [-0.3, -0.25) is 4.79 Å². The van der Waals surface area contributed by atoms with Gasteiger partial charge in [-0.1, -0.05) is 6.08 Å². The zero-order chi connectivity index (χ0) is 9.40. The highest BCUT2D eigenvalue weighted by atomic mass is 16.4. The first kappa shape index (κ1) is 10.5. The van der Waals surface area contributed by atoms with E-state index >= 15 is 0 Å². The van der Waals surface area contributed by atoms with Gasteiger partial charge in [-0.15, -0.1) is 6.58 Å². The minimum Gasteiger partial charge on any atom is -0.480 e. The van der Waals surface area contributed by atoms with Crippen molar-refractivity contribution < 1.29 is 14.7 Å². The highest BCUT2D eigenvalue weighted by Gasteiger charge is 2.00. The monoisotopic (exact) mass is 172 g/mol. The van der Waals surface area contributed by atoms with Gasteiger partial charge >= 0.3 is 12.0 Å². The van der Waals surface area contributed by atoms with Crippen molar-refractivity contribution in [1.82, 2.24) is 10.6 Å². The molecule has 0 heterocycles. The predicted octanol–water partition coefficient (Wildman–Crippen LogP) is -0.0537. The van der Waals surface area contributed by atoms with Crippen molar-refractivity contribution in [3.63, 3.8) is 0 Å². The van der Waals surface area contributed by atoms with E-state index in [0.717, 1.165) is 0 Å². The minimum atomic E-state index is -1.06. The first-order valence-electron chi connectivity index (χ1n) is 3.51. The summed E-state index contributed by atoms with van der Waals surface area (Å²) in [6.45, 7) is 3.57. The summed E-state index contributed by atoms with van der Waals surface area (Å²) in [6, 6.07) is -0.473. The summed E-state index contributed by atoms with van der Waals surface area (Å²) < 4.78 is 0. The molecule has 0 rings (SSSR count). The summed E-state index contributed by atoms with van der Waals surface area (Å²) in [5.74, 6) is -1.06. The van der Waals surface area contributed by atoms with Gasteiger partial charge in [0.15, 0.2) is 0 Å². The summed E-state index contributed by atoms with van der Waals surface area (Å²) in [5, 5.41) is 12.8. The summed E-state index contributed by atoms with van der Waals surface area (Å²) in [5.41, 5.74) is 0. The van der Waals surface area contributed by atoms with Crippen molar-refractivity contribution in [3.8, 4) is 0 Å². The molecule has 0 aromatic heterocycles. The Morgan fingerprint density at radius 1 is 1.42 bits per heavy atom. The van der Waals surface area contributed by atoms with E-state index in [2.05, 4.69) is 17.2 Å². The Morgan fingerprint density at radius 3 is 2.58 bits per heavy atom. The van der Waals surface area contributed by atoms with Gasteiger partial charge in [0.2, 0.25) is 0 Å². The number of hydrogen-bond donors (Lipinski definition) is 3. The Hall–Kier alpha value is -1.52. The van der Waals surface area contributed by atoms with Crippen molar-refractivity contribution in [2.45, 2.75) is 6.42 Å². The molecular formula is C7H12N2O3. The molecule has 0 bridgehead atoms. The molecule has 0 atom stereocenters. The maximum absolute atomic E-state index is 10.7. The molecule has 0 aromatic rings. The molecule has 0 spiro atoms. The molecular weight excluding hydrogens is 160 g/mol. The fourth-order valence-electron chi connectivity index (χ4n) is 0.506. The number of carbonyl (C=O) groups is 2. The average Bonchev–Trinajstić information content (AvgIpc) is 2.01. The summed E-state index contributed by atoms with van der Waals surface area (Å²) in [6.07, 6.45) is 2.33. The molecule has 0 aliphatic carbocycles. The molecule has 0 radical (unpaired) electrons. The minimum absolute atomic E-state index is 0.361. The van der Waals surface area contributed by atoms with Gasteiger partial charge in [-0.05, 0) is 6.42 Å². The molecule has 3 N–H and O–H groups in total. The molecule has 2 amide bonds. The van der Waals surface area contributed by atoms with E-state index in [1.54, 1.807) is 6.08 Å². The van der Waals surface area contributed by atoms with Gasteiger partial charge in [-0.25, -0.2) is 4.79 Å².